The molecule has 1 aliphatic rings. The van der Waals surface area contributed by atoms with Crippen LogP contribution in [-0.4, -0.2) is 35.1 Å². The van der Waals surface area contributed by atoms with Gasteiger partial charge in [0, 0.05) is 18.8 Å². The van der Waals surface area contributed by atoms with Crippen molar-refractivity contribution >= 4 is 17.7 Å². The number of aliphatic carboxylic acids is 1. The third-order valence-electron chi connectivity index (χ3n) is 3.97. The standard InChI is InChI=1S/C16H22N2O3/c1-10-7-11(2)14(12(3)8-10)17-16(21)18-6-4-5-13(9-18)15(19)20/h7-8,13H,4-6,9H2,1-3H3,(H,17,21)(H,19,20)/t13-/m0/s1. The molecular formula is C16H22N2O3. The van der Waals surface area contributed by atoms with Gasteiger partial charge in [0.1, 0.15) is 0 Å². The molecule has 0 spiro atoms. The van der Waals surface area contributed by atoms with Gasteiger partial charge >= 0.3 is 12.0 Å². The van der Waals surface area contributed by atoms with E-state index in [9.17, 15) is 9.59 Å². The number of carboxylic acid groups (broad SMARTS) is 1. The summed E-state index contributed by atoms with van der Waals surface area (Å²) in [5.74, 6) is -1.28. The second-order valence-corrected chi connectivity index (χ2v) is 5.83. The third-order valence-corrected chi connectivity index (χ3v) is 3.97. The predicted molar refractivity (Wildman–Crippen MR) is 81.6 cm³/mol. The van der Waals surface area contributed by atoms with Gasteiger partial charge in [-0.1, -0.05) is 17.7 Å². The average Bonchev–Trinajstić information content (AvgIpc) is 2.42. The van der Waals surface area contributed by atoms with Crippen molar-refractivity contribution < 1.29 is 14.7 Å². The molecule has 0 saturated carbocycles. The molecule has 1 aromatic rings. The van der Waals surface area contributed by atoms with Crippen LogP contribution in [0.15, 0.2) is 12.1 Å². The van der Waals surface area contributed by atoms with Crippen molar-refractivity contribution in [1.82, 2.24) is 4.90 Å². The summed E-state index contributed by atoms with van der Waals surface area (Å²) in [4.78, 5) is 25.0. The van der Waals surface area contributed by atoms with Gasteiger partial charge in [-0.05, 0) is 44.7 Å². The Balaban J connectivity index is 2.10. The van der Waals surface area contributed by atoms with Crippen LogP contribution in [0.1, 0.15) is 29.5 Å². The molecule has 1 aromatic carbocycles. The second kappa shape index (κ2) is 6.16. The number of carbonyl (C=O) groups excluding carboxylic acids is 1. The van der Waals surface area contributed by atoms with Crippen LogP contribution in [0.3, 0.4) is 0 Å². The number of carbonyl (C=O) groups is 2. The van der Waals surface area contributed by atoms with E-state index in [-0.39, 0.29) is 12.6 Å². The van der Waals surface area contributed by atoms with Gasteiger partial charge in [-0.2, -0.15) is 0 Å². The minimum Gasteiger partial charge on any atom is -0.481 e. The SMILES string of the molecule is Cc1cc(C)c(NC(=O)N2CCC[C@H](C(=O)O)C2)c(C)c1. The summed E-state index contributed by atoms with van der Waals surface area (Å²) in [5, 5.41) is 12.0. The molecule has 0 unspecified atom stereocenters. The molecule has 1 saturated heterocycles. The molecule has 2 rings (SSSR count). The number of aryl methyl sites for hydroxylation is 3. The molecule has 2 amide bonds. The highest BCUT2D eigenvalue weighted by Crippen LogP contribution is 2.23. The van der Waals surface area contributed by atoms with Crippen LogP contribution in [0.25, 0.3) is 0 Å². The zero-order chi connectivity index (χ0) is 15.6. The highest BCUT2D eigenvalue weighted by Gasteiger charge is 2.28. The van der Waals surface area contributed by atoms with Gasteiger partial charge in [-0.25, -0.2) is 4.79 Å². The van der Waals surface area contributed by atoms with E-state index in [4.69, 9.17) is 5.11 Å². The van der Waals surface area contributed by atoms with E-state index < -0.39 is 11.9 Å². The van der Waals surface area contributed by atoms with Crippen LogP contribution in [0.4, 0.5) is 10.5 Å². The van der Waals surface area contributed by atoms with Gasteiger partial charge in [-0.15, -0.1) is 0 Å². The Hall–Kier alpha value is -2.04. The topological polar surface area (TPSA) is 69.6 Å². The predicted octanol–water partition coefficient (Wildman–Crippen LogP) is 2.94. The lowest BCUT2D eigenvalue weighted by Gasteiger charge is -2.31. The highest BCUT2D eigenvalue weighted by atomic mass is 16.4. The summed E-state index contributed by atoms with van der Waals surface area (Å²) in [6.07, 6.45) is 1.37. The first-order valence-corrected chi connectivity index (χ1v) is 7.25. The molecule has 2 N–H and O–H groups in total. The van der Waals surface area contributed by atoms with Crippen molar-refractivity contribution in [2.75, 3.05) is 18.4 Å². The number of anilines is 1. The number of urea groups is 1. The maximum Gasteiger partial charge on any atom is 0.321 e. The zero-order valence-electron chi connectivity index (χ0n) is 12.8. The molecule has 0 aromatic heterocycles. The zero-order valence-corrected chi connectivity index (χ0v) is 12.8. The molecule has 0 bridgehead atoms. The molecule has 1 aliphatic heterocycles. The molecule has 0 radical (unpaired) electrons. The maximum atomic E-state index is 12.3. The molecule has 0 aliphatic carbocycles. The normalized spacial score (nSPS) is 18.4. The molecule has 1 fully saturated rings. The van der Waals surface area contributed by atoms with Crippen molar-refractivity contribution in [2.24, 2.45) is 5.92 Å². The smallest absolute Gasteiger partial charge is 0.321 e. The number of nitrogens with zero attached hydrogens (tertiary/aromatic N) is 1. The lowest BCUT2D eigenvalue weighted by atomic mass is 9.98. The Labute approximate surface area is 125 Å². The molecule has 1 heterocycles. The summed E-state index contributed by atoms with van der Waals surface area (Å²) in [6, 6.07) is 3.84. The Morgan fingerprint density at radius 3 is 2.43 bits per heavy atom. The van der Waals surface area contributed by atoms with Crippen molar-refractivity contribution in [3.63, 3.8) is 0 Å². The number of likely N-dealkylation sites (tertiary alicyclic amines) is 1. The first-order chi connectivity index (χ1) is 9.88. The van der Waals surface area contributed by atoms with Crippen LogP contribution in [-0.2, 0) is 4.79 Å². The monoisotopic (exact) mass is 290 g/mol. The van der Waals surface area contributed by atoms with Gasteiger partial charge < -0.3 is 15.3 Å². The van der Waals surface area contributed by atoms with E-state index in [1.807, 2.05) is 32.9 Å². The molecule has 5 heteroatoms. The largest absolute Gasteiger partial charge is 0.481 e. The number of nitrogens with one attached hydrogen (secondary N) is 1. The van der Waals surface area contributed by atoms with Crippen LogP contribution in [0.2, 0.25) is 0 Å². The second-order valence-electron chi connectivity index (χ2n) is 5.83. The first-order valence-electron chi connectivity index (χ1n) is 7.25. The van der Waals surface area contributed by atoms with Gasteiger partial charge in [0.05, 0.1) is 5.92 Å². The van der Waals surface area contributed by atoms with E-state index >= 15 is 0 Å². The lowest BCUT2D eigenvalue weighted by Crippen LogP contribution is -2.44. The first kappa shape index (κ1) is 15.4. The molecule has 1 atom stereocenters. The van der Waals surface area contributed by atoms with E-state index in [2.05, 4.69) is 5.32 Å². The number of hydrogen-bond acceptors (Lipinski definition) is 2. The summed E-state index contributed by atoms with van der Waals surface area (Å²) in [7, 11) is 0. The summed E-state index contributed by atoms with van der Waals surface area (Å²) >= 11 is 0. The maximum absolute atomic E-state index is 12.3. The van der Waals surface area contributed by atoms with Crippen LogP contribution < -0.4 is 5.32 Å². The van der Waals surface area contributed by atoms with Crippen LogP contribution >= 0.6 is 0 Å². The number of carboxylic acids is 1. The molecular weight excluding hydrogens is 268 g/mol. The lowest BCUT2D eigenvalue weighted by molar-refractivity contribution is -0.143. The molecule has 114 valence electrons. The summed E-state index contributed by atoms with van der Waals surface area (Å²) in [5.41, 5.74) is 4.02. The Bertz CT molecular complexity index is 546. The fourth-order valence-corrected chi connectivity index (χ4v) is 2.93. The van der Waals surface area contributed by atoms with E-state index in [1.54, 1.807) is 4.90 Å². The fourth-order valence-electron chi connectivity index (χ4n) is 2.93. The van der Waals surface area contributed by atoms with Crippen molar-refractivity contribution in [1.29, 1.82) is 0 Å². The van der Waals surface area contributed by atoms with Crippen LogP contribution in [0.5, 0.6) is 0 Å². The highest BCUT2D eigenvalue weighted by molar-refractivity contribution is 5.91. The van der Waals surface area contributed by atoms with E-state index in [0.717, 1.165) is 28.8 Å². The van der Waals surface area contributed by atoms with Crippen molar-refractivity contribution in [3.8, 4) is 0 Å². The number of rotatable bonds is 2. The molecule has 21 heavy (non-hydrogen) atoms. The van der Waals surface area contributed by atoms with Gasteiger partial charge in [0.2, 0.25) is 0 Å². The summed E-state index contributed by atoms with van der Waals surface area (Å²) in [6.45, 7) is 6.84. The third kappa shape index (κ3) is 3.54. The quantitative estimate of drug-likeness (QED) is 0.879. The van der Waals surface area contributed by atoms with Gasteiger partial charge in [0.25, 0.3) is 0 Å². The summed E-state index contributed by atoms with van der Waals surface area (Å²) < 4.78 is 0. The van der Waals surface area contributed by atoms with Gasteiger partial charge in [0.15, 0.2) is 0 Å². The van der Waals surface area contributed by atoms with E-state index in [0.29, 0.717) is 13.0 Å². The number of benzene rings is 1. The van der Waals surface area contributed by atoms with Crippen molar-refractivity contribution in [2.45, 2.75) is 33.6 Å². The number of piperidine rings is 1. The fraction of sp³-hybridized carbons (Fsp3) is 0.500. The number of amides is 2. The minimum absolute atomic E-state index is 0.212. The van der Waals surface area contributed by atoms with E-state index in [1.165, 1.54) is 0 Å². The minimum atomic E-state index is -0.824. The Kier molecular flexibility index (Phi) is 4.50. The van der Waals surface area contributed by atoms with Gasteiger partial charge in [-0.3, -0.25) is 4.79 Å². The Morgan fingerprint density at radius 1 is 1.24 bits per heavy atom. The molecule has 5 nitrogen and oxygen atoms in total. The average molecular weight is 290 g/mol. The Morgan fingerprint density at radius 2 is 1.86 bits per heavy atom. The number of hydrogen-bond donors (Lipinski definition) is 2. The van der Waals surface area contributed by atoms with Crippen LogP contribution in [0, 0.1) is 26.7 Å². The van der Waals surface area contributed by atoms with Crippen molar-refractivity contribution in [3.05, 3.63) is 28.8 Å².